The lowest BCUT2D eigenvalue weighted by Gasteiger charge is -2.10. The van der Waals surface area contributed by atoms with Crippen LogP contribution in [0, 0.1) is 11.6 Å². The summed E-state index contributed by atoms with van der Waals surface area (Å²) in [4.78, 5) is 16.5. The number of rotatable bonds is 5. The first kappa shape index (κ1) is 20.4. The Kier molecular flexibility index (Phi) is 5.36. The summed E-state index contributed by atoms with van der Waals surface area (Å²) in [7, 11) is 2.57. The zero-order valence-electron chi connectivity index (χ0n) is 15.2. The molecule has 0 radical (unpaired) electrons. The van der Waals surface area contributed by atoms with Crippen LogP contribution < -0.4 is 4.74 Å². The van der Waals surface area contributed by atoms with E-state index in [2.05, 4.69) is 10.1 Å². The van der Waals surface area contributed by atoms with Gasteiger partial charge in [-0.3, -0.25) is 9.48 Å². The van der Waals surface area contributed by atoms with Crippen LogP contribution in [0.15, 0.2) is 36.5 Å². The molecule has 2 aromatic heterocycles. The Bertz CT molecular complexity index is 1060. The van der Waals surface area contributed by atoms with E-state index in [9.17, 15) is 26.7 Å². The normalized spacial score (nSPS) is 11.6. The molecule has 1 aromatic carbocycles. The monoisotopic (exact) mass is 411 g/mol. The zero-order valence-corrected chi connectivity index (χ0v) is 15.2. The lowest BCUT2D eigenvalue weighted by atomic mass is 10.0. The standard InChI is InChI=1S/C19H14F5N3O2/c1-27-14(8-17(26-27)19(22,23)24)10-6-16(29-2)18(25-9-10)15(28)7-11-12(20)4-3-5-13(11)21/h3-6,8-9H,7H2,1-2H3. The molecule has 152 valence electrons. The molecule has 0 saturated heterocycles. The summed E-state index contributed by atoms with van der Waals surface area (Å²) in [6.45, 7) is 0. The van der Waals surface area contributed by atoms with Gasteiger partial charge in [-0.1, -0.05) is 6.07 Å². The van der Waals surface area contributed by atoms with Crippen LogP contribution in [0.4, 0.5) is 22.0 Å². The largest absolute Gasteiger partial charge is 0.494 e. The van der Waals surface area contributed by atoms with Gasteiger partial charge in [-0.15, -0.1) is 0 Å². The van der Waals surface area contributed by atoms with Crippen molar-refractivity contribution < 1.29 is 31.5 Å². The Morgan fingerprint density at radius 1 is 1.17 bits per heavy atom. The van der Waals surface area contributed by atoms with E-state index >= 15 is 0 Å². The molecule has 10 heteroatoms. The minimum Gasteiger partial charge on any atom is -0.494 e. The van der Waals surface area contributed by atoms with Crippen LogP contribution in [0.5, 0.6) is 5.75 Å². The Morgan fingerprint density at radius 2 is 1.83 bits per heavy atom. The molecular formula is C19H14F5N3O2. The highest BCUT2D eigenvalue weighted by atomic mass is 19.4. The van der Waals surface area contributed by atoms with Crippen molar-refractivity contribution in [2.45, 2.75) is 12.6 Å². The number of benzene rings is 1. The van der Waals surface area contributed by atoms with Gasteiger partial charge in [0.05, 0.1) is 12.8 Å². The van der Waals surface area contributed by atoms with Gasteiger partial charge in [0.25, 0.3) is 0 Å². The number of halogens is 5. The highest BCUT2D eigenvalue weighted by Gasteiger charge is 2.34. The van der Waals surface area contributed by atoms with Crippen molar-refractivity contribution in [3.63, 3.8) is 0 Å². The molecule has 29 heavy (non-hydrogen) atoms. The maximum Gasteiger partial charge on any atom is 0.435 e. The van der Waals surface area contributed by atoms with E-state index in [4.69, 9.17) is 4.74 Å². The van der Waals surface area contributed by atoms with Crippen molar-refractivity contribution in [3.05, 3.63) is 65.1 Å². The van der Waals surface area contributed by atoms with E-state index in [1.54, 1.807) is 0 Å². The van der Waals surface area contributed by atoms with Crippen LogP contribution >= 0.6 is 0 Å². The number of pyridine rings is 1. The van der Waals surface area contributed by atoms with Gasteiger partial charge >= 0.3 is 6.18 Å². The predicted molar refractivity (Wildman–Crippen MR) is 92.4 cm³/mol. The summed E-state index contributed by atoms with van der Waals surface area (Å²) in [5, 5.41) is 3.42. The number of nitrogens with zero attached hydrogens (tertiary/aromatic N) is 3. The minimum atomic E-state index is -4.62. The van der Waals surface area contributed by atoms with Crippen molar-refractivity contribution in [2.24, 2.45) is 7.05 Å². The van der Waals surface area contributed by atoms with E-state index in [0.717, 1.165) is 22.9 Å². The van der Waals surface area contributed by atoms with E-state index in [0.29, 0.717) is 0 Å². The van der Waals surface area contributed by atoms with Crippen molar-refractivity contribution in [3.8, 4) is 17.0 Å². The van der Waals surface area contributed by atoms with Crippen LogP contribution in [-0.2, 0) is 19.6 Å². The summed E-state index contributed by atoms with van der Waals surface area (Å²) in [5.74, 6) is -2.50. The third kappa shape index (κ3) is 4.10. The summed E-state index contributed by atoms with van der Waals surface area (Å²) >= 11 is 0. The summed E-state index contributed by atoms with van der Waals surface area (Å²) in [6.07, 6.45) is -4.04. The highest BCUT2D eigenvalue weighted by molar-refractivity contribution is 5.98. The van der Waals surface area contributed by atoms with Crippen LogP contribution in [0.3, 0.4) is 0 Å². The SMILES string of the molecule is COc1cc(-c2cc(C(F)(F)F)nn2C)cnc1C(=O)Cc1c(F)cccc1F. The molecule has 0 atom stereocenters. The highest BCUT2D eigenvalue weighted by Crippen LogP contribution is 2.33. The quantitative estimate of drug-likeness (QED) is 0.466. The molecule has 3 aromatic rings. The number of ketones is 1. The zero-order chi connectivity index (χ0) is 21.3. The van der Waals surface area contributed by atoms with Gasteiger partial charge in [0.2, 0.25) is 0 Å². The van der Waals surface area contributed by atoms with E-state index in [1.807, 2.05) is 0 Å². The first-order valence-corrected chi connectivity index (χ1v) is 8.23. The third-order valence-electron chi connectivity index (χ3n) is 4.20. The molecule has 3 rings (SSSR count). The van der Waals surface area contributed by atoms with Gasteiger partial charge in [0.15, 0.2) is 11.5 Å². The van der Waals surface area contributed by atoms with Crippen LogP contribution in [0.1, 0.15) is 21.7 Å². The van der Waals surface area contributed by atoms with Gasteiger partial charge < -0.3 is 4.74 Å². The molecule has 5 nitrogen and oxygen atoms in total. The number of hydrogen-bond donors (Lipinski definition) is 0. The molecule has 0 aliphatic rings. The number of alkyl halides is 3. The van der Waals surface area contributed by atoms with Crippen LogP contribution in [-0.4, -0.2) is 27.7 Å². The van der Waals surface area contributed by atoms with Gasteiger partial charge in [-0.2, -0.15) is 18.3 Å². The number of Topliss-reactive ketones (excluding diaryl/α,β-unsaturated/α-hetero) is 1. The Labute approximate surface area is 161 Å². The predicted octanol–water partition coefficient (Wildman–Crippen LogP) is 4.21. The molecule has 2 heterocycles. The maximum atomic E-state index is 13.8. The molecular weight excluding hydrogens is 397 g/mol. The summed E-state index contributed by atoms with van der Waals surface area (Å²) in [5.41, 5.74) is -1.36. The molecule has 0 aliphatic carbocycles. The van der Waals surface area contributed by atoms with E-state index < -0.39 is 41.3 Å². The third-order valence-corrected chi connectivity index (χ3v) is 4.20. The average molecular weight is 411 g/mol. The van der Waals surface area contributed by atoms with Crippen LogP contribution in [0.2, 0.25) is 0 Å². The topological polar surface area (TPSA) is 57.0 Å². The summed E-state index contributed by atoms with van der Waals surface area (Å²) in [6, 6.07) is 5.39. The second-order valence-electron chi connectivity index (χ2n) is 6.11. The number of methoxy groups -OCH3 is 1. The fourth-order valence-electron chi connectivity index (χ4n) is 2.77. The van der Waals surface area contributed by atoms with Crippen LogP contribution in [0.25, 0.3) is 11.3 Å². The number of carbonyl (C=O) groups excluding carboxylic acids is 1. The van der Waals surface area contributed by atoms with Gasteiger partial charge in [0, 0.05) is 30.8 Å². The first-order valence-electron chi connectivity index (χ1n) is 8.23. The molecule has 0 fully saturated rings. The first-order chi connectivity index (χ1) is 13.6. The Morgan fingerprint density at radius 3 is 2.38 bits per heavy atom. The fourth-order valence-corrected chi connectivity index (χ4v) is 2.77. The number of hydrogen-bond acceptors (Lipinski definition) is 4. The number of ether oxygens (including phenoxy) is 1. The Hall–Kier alpha value is -3.30. The molecule has 0 unspecified atom stereocenters. The van der Waals surface area contributed by atoms with E-state index in [1.165, 1.54) is 32.5 Å². The van der Waals surface area contributed by atoms with Gasteiger partial charge in [0.1, 0.15) is 23.1 Å². The lowest BCUT2D eigenvalue weighted by molar-refractivity contribution is -0.141. The summed E-state index contributed by atoms with van der Waals surface area (Å²) < 4.78 is 72.3. The second-order valence-corrected chi connectivity index (χ2v) is 6.11. The van der Waals surface area contributed by atoms with E-state index in [-0.39, 0.29) is 22.7 Å². The fraction of sp³-hybridized carbons (Fsp3) is 0.211. The number of aryl methyl sites for hydroxylation is 1. The molecule has 0 spiro atoms. The lowest BCUT2D eigenvalue weighted by Crippen LogP contribution is -2.11. The van der Waals surface area contributed by atoms with Crippen molar-refractivity contribution >= 4 is 5.78 Å². The average Bonchev–Trinajstić information content (AvgIpc) is 3.06. The molecule has 0 amide bonds. The minimum absolute atomic E-state index is 0.0426. The smallest absolute Gasteiger partial charge is 0.435 e. The van der Waals surface area contributed by atoms with Crippen molar-refractivity contribution in [2.75, 3.05) is 7.11 Å². The number of carbonyl (C=O) groups is 1. The molecule has 0 saturated carbocycles. The molecule has 0 N–H and O–H groups in total. The molecule has 0 aliphatic heterocycles. The number of aromatic nitrogens is 3. The van der Waals surface area contributed by atoms with Crippen molar-refractivity contribution in [1.82, 2.24) is 14.8 Å². The molecule has 0 bridgehead atoms. The maximum absolute atomic E-state index is 13.8. The van der Waals surface area contributed by atoms with Crippen molar-refractivity contribution in [1.29, 1.82) is 0 Å². The Balaban J connectivity index is 1.96. The second kappa shape index (κ2) is 7.61. The van der Waals surface area contributed by atoms with Gasteiger partial charge in [-0.05, 0) is 24.3 Å². The van der Waals surface area contributed by atoms with Gasteiger partial charge in [-0.25, -0.2) is 13.8 Å².